The molecule has 0 aliphatic heterocycles. The molecule has 1 aromatic carbocycles. The number of hydrogen-bond acceptors (Lipinski definition) is 4. The normalized spacial score (nSPS) is 13.8. The third kappa shape index (κ3) is 4.46. The van der Waals surface area contributed by atoms with Crippen molar-refractivity contribution in [2.45, 2.75) is 18.9 Å². The van der Waals surface area contributed by atoms with Gasteiger partial charge in [-0.15, -0.1) is 0 Å². The predicted molar refractivity (Wildman–Crippen MR) is 69.8 cm³/mol. The van der Waals surface area contributed by atoms with Gasteiger partial charge < -0.3 is 15.2 Å². The van der Waals surface area contributed by atoms with E-state index in [0.29, 0.717) is 32.8 Å². The molecule has 1 aromatic rings. The monoisotopic (exact) mass is 248 g/mol. The molecule has 0 saturated heterocycles. The maximum Gasteiger partial charge on any atom is 0.132 e. The van der Waals surface area contributed by atoms with Gasteiger partial charge in [-0.05, 0) is 12.5 Å². The highest BCUT2D eigenvalue weighted by Crippen LogP contribution is 2.20. The molecule has 4 nitrogen and oxygen atoms in total. The fourth-order valence-electron chi connectivity index (χ4n) is 1.60. The zero-order valence-electron chi connectivity index (χ0n) is 10.8. The molecule has 0 amide bonds. The van der Waals surface area contributed by atoms with Gasteiger partial charge in [0, 0.05) is 19.6 Å². The van der Waals surface area contributed by atoms with Crippen LogP contribution in [0.3, 0.4) is 0 Å². The molecule has 1 unspecified atom stereocenters. The van der Waals surface area contributed by atoms with Gasteiger partial charge in [0.05, 0.1) is 19.3 Å². The van der Waals surface area contributed by atoms with Crippen LogP contribution >= 0.6 is 0 Å². The average Bonchev–Trinajstić information content (AvgIpc) is 2.43. The molecule has 0 aromatic heterocycles. The number of ether oxygens (including phenoxy) is 2. The van der Waals surface area contributed by atoms with Crippen molar-refractivity contribution in [2.24, 2.45) is 5.73 Å². The fourth-order valence-corrected chi connectivity index (χ4v) is 1.60. The van der Waals surface area contributed by atoms with Gasteiger partial charge in [0.2, 0.25) is 0 Å². The highest BCUT2D eigenvalue weighted by atomic mass is 16.5. The van der Waals surface area contributed by atoms with Crippen LogP contribution in [0.4, 0.5) is 0 Å². The molecule has 1 rings (SSSR count). The maximum atomic E-state index is 9.22. The molecule has 18 heavy (non-hydrogen) atoms. The SMILES string of the molecule is CCOCCOCCC(N)(C#N)c1ccccc1. The Balaban J connectivity index is 2.40. The summed E-state index contributed by atoms with van der Waals surface area (Å²) < 4.78 is 10.6. The quantitative estimate of drug-likeness (QED) is 0.712. The standard InChI is InChI=1S/C14H20N2O2/c1-2-17-10-11-18-9-8-14(16,12-15)13-6-4-3-5-7-13/h3-7H,2,8-11,16H2,1H3. The first-order chi connectivity index (χ1) is 8.73. The number of nitrogens with two attached hydrogens (primary N) is 1. The molecule has 98 valence electrons. The van der Waals surface area contributed by atoms with Crippen molar-refractivity contribution in [3.05, 3.63) is 35.9 Å². The van der Waals surface area contributed by atoms with Crippen LogP contribution in [0.2, 0.25) is 0 Å². The van der Waals surface area contributed by atoms with Gasteiger partial charge in [-0.3, -0.25) is 0 Å². The minimum Gasteiger partial charge on any atom is -0.379 e. The van der Waals surface area contributed by atoms with E-state index >= 15 is 0 Å². The summed E-state index contributed by atoms with van der Waals surface area (Å²) in [6, 6.07) is 11.6. The van der Waals surface area contributed by atoms with E-state index in [9.17, 15) is 5.26 Å². The highest BCUT2D eigenvalue weighted by molar-refractivity contribution is 5.30. The van der Waals surface area contributed by atoms with Crippen molar-refractivity contribution >= 4 is 0 Å². The summed E-state index contributed by atoms with van der Waals surface area (Å²) in [5.41, 5.74) is 5.93. The van der Waals surface area contributed by atoms with Crippen molar-refractivity contribution < 1.29 is 9.47 Å². The van der Waals surface area contributed by atoms with Crippen molar-refractivity contribution in [1.29, 1.82) is 5.26 Å². The fraction of sp³-hybridized carbons (Fsp3) is 0.500. The first-order valence-corrected chi connectivity index (χ1v) is 6.14. The molecule has 0 spiro atoms. The Morgan fingerprint density at radius 2 is 1.83 bits per heavy atom. The summed E-state index contributed by atoms with van der Waals surface area (Å²) in [6.07, 6.45) is 0.472. The van der Waals surface area contributed by atoms with Crippen LogP contribution in [0, 0.1) is 11.3 Å². The van der Waals surface area contributed by atoms with Crippen LogP contribution in [-0.2, 0) is 15.0 Å². The van der Waals surface area contributed by atoms with E-state index in [4.69, 9.17) is 15.2 Å². The summed E-state index contributed by atoms with van der Waals surface area (Å²) in [4.78, 5) is 0. The van der Waals surface area contributed by atoms with E-state index in [0.717, 1.165) is 5.56 Å². The molecule has 0 radical (unpaired) electrons. The molecule has 0 saturated carbocycles. The van der Waals surface area contributed by atoms with Crippen LogP contribution in [0.1, 0.15) is 18.9 Å². The number of benzene rings is 1. The Kier molecular flexibility index (Phi) is 6.37. The van der Waals surface area contributed by atoms with E-state index in [-0.39, 0.29) is 0 Å². The molecular weight excluding hydrogens is 228 g/mol. The Morgan fingerprint density at radius 3 is 2.44 bits per heavy atom. The second-order valence-electron chi connectivity index (χ2n) is 4.01. The third-order valence-electron chi connectivity index (χ3n) is 2.71. The van der Waals surface area contributed by atoms with Crippen LogP contribution < -0.4 is 5.73 Å². The number of rotatable bonds is 8. The first kappa shape index (κ1) is 14.7. The van der Waals surface area contributed by atoms with Gasteiger partial charge in [0.25, 0.3) is 0 Å². The van der Waals surface area contributed by atoms with Crippen LogP contribution in [-0.4, -0.2) is 26.4 Å². The molecule has 0 bridgehead atoms. The predicted octanol–water partition coefficient (Wildman–Crippen LogP) is 1.81. The van der Waals surface area contributed by atoms with Gasteiger partial charge in [-0.1, -0.05) is 30.3 Å². The van der Waals surface area contributed by atoms with Crippen molar-refractivity contribution in [3.63, 3.8) is 0 Å². The smallest absolute Gasteiger partial charge is 0.132 e. The zero-order chi connectivity index (χ0) is 13.3. The van der Waals surface area contributed by atoms with Crippen LogP contribution in [0.25, 0.3) is 0 Å². The molecule has 0 heterocycles. The Bertz CT molecular complexity index is 375. The van der Waals surface area contributed by atoms with E-state index in [1.165, 1.54) is 0 Å². The lowest BCUT2D eigenvalue weighted by molar-refractivity contribution is 0.0478. The Hall–Kier alpha value is -1.41. The third-order valence-corrected chi connectivity index (χ3v) is 2.71. The summed E-state index contributed by atoms with van der Waals surface area (Å²) in [6.45, 7) is 4.19. The second-order valence-corrected chi connectivity index (χ2v) is 4.01. The van der Waals surface area contributed by atoms with Crippen LogP contribution in [0.15, 0.2) is 30.3 Å². The van der Waals surface area contributed by atoms with Gasteiger partial charge in [0.1, 0.15) is 5.54 Å². The zero-order valence-corrected chi connectivity index (χ0v) is 10.8. The molecule has 0 aliphatic rings. The molecule has 1 atom stereocenters. The molecule has 0 fully saturated rings. The van der Waals surface area contributed by atoms with E-state index in [2.05, 4.69) is 6.07 Å². The number of nitrogens with zero attached hydrogens (tertiary/aromatic N) is 1. The topological polar surface area (TPSA) is 68.3 Å². The maximum absolute atomic E-state index is 9.22. The van der Waals surface area contributed by atoms with E-state index < -0.39 is 5.54 Å². The minimum absolute atomic E-state index is 0.450. The Morgan fingerprint density at radius 1 is 1.17 bits per heavy atom. The lowest BCUT2D eigenvalue weighted by atomic mass is 9.89. The van der Waals surface area contributed by atoms with Crippen molar-refractivity contribution in [2.75, 3.05) is 26.4 Å². The lowest BCUT2D eigenvalue weighted by Gasteiger charge is -2.21. The van der Waals surface area contributed by atoms with Crippen LogP contribution in [0.5, 0.6) is 0 Å². The first-order valence-electron chi connectivity index (χ1n) is 6.14. The number of nitriles is 1. The summed E-state index contributed by atoms with van der Waals surface area (Å²) in [5, 5.41) is 9.22. The molecule has 2 N–H and O–H groups in total. The van der Waals surface area contributed by atoms with E-state index in [1.807, 2.05) is 37.3 Å². The van der Waals surface area contributed by atoms with Gasteiger partial charge in [0.15, 0.2) is 0 Å². The molecular formula is C14H20N2O2. The largest absolute Gasteiger partial charge is 0.379 e. The average molecular weight is 248 g/mol. The molecule has 4 heteroatoms. The molecule has 0 aliphatic carbocycles. The summed E-state index contributed by atoms with van der Waals surface area (Å²) in [5.74, 6) is 0. The van der Waals surface area contributed by atoms with Crippen molar-refractivity contribution in [3.8, 4) is 6.07 Å². The number of hydrogen-bond donors (Lipinski definition) is 1. The lowest BCUT2D eigenvalue weighted by Crippen LogP contribution is -2.36. The van der Waals surface area contributed by atoms with Crippen molar-refractivity contribution in [1.82, 2.24) is 0 Å². The summed E-state index contributed by atoms with van der Waals surface area (Å²) in [7, 11) is 0. The second kappa shape index (κ2) is 7.83. The van der Waals surface area contributed by atoms with Gasteiger partial charge in [-0.25, -0.2) is 0 Å². The Labute approximate surface area is 108 Å². The minimum atomic E-state index is -0.979. The summed E-state index contributed by atoms with van der Waals surface area (Å²) >= 11 is 0. The van der Waals surface area contributed by atoms with Gasteiger partial charge in [-0.2, -0.15) is 5.26 Å². The van der Waals surface area contributed by atoms with E-state index in [1.54, 1.807) is 0 Å². The van der Waals surface area contributed by atoms with Gasteiger partial charge >= 0.3 is 0 Å². The highest BCUT2D eigenvalue weighted by Gasteiger charge is 2.26.